The summed E-state index contributed by atoms with van der Waals surface area (Å²) < 4.78 is 53.5. The van der Waals surface area contributed by atoms with Crippen LogP contribution in [0.2, 0.25) is 5.02 Å². The highest BCUT2D eigenvalue weighted by atomic mass is 35.5. The summed E-state index contributed by atoms with van der Waals surface area (Å²) in [5, 5.41) is 0.701. The van der Waals surface area contributed by atoms with Gasteiger partial charge in [0.1, 0.15) is 17.5 Å². The van der Waals surface area contributed by atoms with Crippen LogP contribution in [0.1, 0.15) is 50.7 Å². The molecule has 2 aromatic carbocycles. The molecule has 0 unspecified atom stereocenters. The van der Waals surface area contributed by atoms with E-state index in [1.54, 1.807) is 23.1 Å². The van der Waals surface area contributed by atoms with E-state index in [0.29, 0.717) is 62.5 Å². The number of amides is 2. The number of ether oxygens (including phenoxy) is 4. The molecule has 1 saturated heterocycles. The number of nitrogens with one attached hydrogen (secondary N) is 1. The van der Waals surface area contributed by atoms with Crippen LogP contribution >= 0.6 is 11.6 Å². The Kier molecular flexibility index (Phi) is 9.36. The Labute approximate surface area is 292 Å². The SMILES string of the molecule is CC1(C)OCC=C[C@H](OC(=O)N2CCOCC2)[C@@H]2CC[C@H]2CN2C[C@@]3(CCCc4cc(Cl)ccc43)COc3ccc(cc32)S(=O)(=O)NC1=O. The van der Waals surface area contributed by atoms with Gasteiger partial charge in [-0.3, -0.25) is 4.79 Å². The van der Waals surface area contributed by atoms with Crippen molar-refractivity contribution in [2.45, 2.75) is 68.0 Å². The van der Waals surface area contributed by atoms with Crippen LogP contribution in [0.5, 0.6) is 5.75 Å². The number of morpholine rings is 1. The number of rotatable bonds is 1. The summed E-state index contributed by atoms with van der Waals surface area (Å²) in [5.74, 6) is -0.0343. The summed E-state index contributed by atoms with van der Waals surface area (Å²) in [6.07, 6.45) is 7.31. The maximum absolute atomic E-state index is 13.6. The van der Waals surface area contributed by atoms with E-state index in [1.165, 1.54) is 31.0 Å². The van der Waals surface area contributed by atoms with E-state index in [4.69, 9.17) is 30.5 Å². The number of aryl methyl sites for hydroxylation is 1. The first kappa shape index (κ1) is 34.1. The van der Waals surface area contributed by atoms with Gasteiger partial charge in [-0.15, -0.1) is 0 Å². The van der Waals surface area contributed by atoms with Crippen LogP contribution in [0.3, 0.4) is 0 Å². The van der Waals surface area contributed by atoms with Crippen LogP contribution in [0.4, 0.5) is 10.5 Å². The van der Waals surface area contributed by atoms with Crippen molar-refractivity contribution in [3.8, 4) is 5.75 Å². The zero-order valence-corrected chi connectivity index (χ0v) is 29.6. The third kappa shape index (κ3) is 6.89. The van der Waals surface area contributed by atoms with Crippen LogP contribution in [0.15, 0.2) is 53.4 Å². The standard InChI is InChI=1S/C36H44ClN3O8S/c1-35(2)33(41)38-49(43,44)27-9-12-32-30(20-27)40(22-36(23-46-32)13-3-5-24-19-26(37)8-11-29(24)36)21-25-7-10-28(25)31(6-4-16-47-35)48-34(42)39-14-17-45-18-15-39/h4,6,8-9,11-12,19-20,25,28,31H,3,5,7,10,13-18,21-23H2,1-2H3,(H,38,41)/t25-,28+,31-,36-/m0/s1. The van der Waals surface area contributed by atoms with E-state index in [2.05, 4.69) is 15.7 Å². The average Bonchev–Trinajstić information content (AvgIpc) is 3.21. The minimum atomic E-state index is -4.24. The molecule has 2 aliphatic carbocycles. The molecule has 0 aromatic heterocycles. The molecule has 49 heavy (non-hydrogen) atoms. The fourth-order valence-electron chi connectivity index (χ4n) is 7.82. The Hall–Kier alpha value is -3.32. The zero-order valence-electron chi connectivity index (χ0n) is 28.0. The van der Waals surface area contributed by atoms with Gasteiger partial charge in [0.25, 0.3) is 15.9 Å². The monoisotopic (exact) mass is 713 g/mol. The van der Waals surface area contributed by atoms with E-state index in [-0.39, 0.29) is 34.8 Å². The number of carbonyl (C=O) groups excluding carboxylic acids is 2. The lowest BCUT2D eigenvalue weighted by Crippen LogP contribution is -2.50. The summed E-state index contributed by atoms with van der Waals surface area (Å²) in [6.45, 7) is 6.58. The summed E-state index contributed by atoms with van der Waals surface area (Å²) >= 11 is 6.43. The Morgan fingerprint density at radius 1 is 1.10 bits per heavy atom. The Morgan fingerprint density at radius 3 is 2.69 bits per heavy atom. The number of carbonyl (C=O) groups is 2. The minimum Gasteiger partial charge on any atom is -0.490 e. The second kappa shape index (κ2) is 13.4. The lowest BCUT2D eigenvalue weighted by molar-refractivity contribution is -0.139. The predicted molar refractivity (Wildman–Crippen MR) is 184 cm³/mol. The maximum atomic E-state index is 13.6. The first-order chi connectivity index (χ1) is 23.4. The number of anilines is 1. The molecule has 1 saturated carbocycles. The molecule has 3 heterocycles. The molecule has 2 aromatic rings. The van der Waals surface area contributed by atoms with Gasteiger partial charge in [0.05, 0.1) is 37.0 Å². The number of fused-ring (bicyclic) bond motifs is 4. The number of hydrogen-bond donors (Lipinski definition) is 1. The highest BCUT2D eigenvalue weighted by Crippen LogP contribution is 2.47. The first-order valence-electron chi connectivity index (χ1n) is 17.2. The van der Waals surface area contributed by atoms with Crippen molar-refractivity contribution < 1.29 is 37.0 Å². The molecule has 2 fully saturated rings. The fourth-order valence-corrected chi connectivity index (χ4v) is 9.14. The first-order valence-corrected chi connectivity index (χ1v) is 19.0. The highest BCUT2D eigenvalue weighted by molar-refractivity contribution is 7.90. The van der Waals surface area contributed by atoms with Crippen molar-refractivity contribution in [3.63, 3.8) is 0 Å². The zero-order chi connectivity index (χ0) is 34.4. The quantitative estimate of drug-likeness (QED) is 0.414. The van der Waals surface area contributed by atoms with Crippen molar-refractivity contribution in [1.29, 1.82) is 0 Å². The number of hydrogen-bond acceptors (Lipinski definition) is 9. The van der Waals surface area contributed by atoms with E-state index in [0.717, 1.165) is 32.1 Å². The largest absolute Gasteiger partial charge is 0.490 e. The molecule has 7 rings (SSSR count). The second-order valence-corrected chi connectivity index (χ2v) is 16.5. The molecule has 11 nitrogen and oxygen atoms in total. The van der Waals surface area contributed by atoms with Crippen LogP contribution in [-0.2, 0) is 40.9 Å². The molecule has 1 spiro atoms. The van der Waals surface area contributed by atoms with Gasteiger partial charge in [-0.05, 0) is 99.4 Å². The lowest BCUT2D eigenvalue weighted by atomic mass is 9.68. The van der Waals surface area contributed by atoms with Gasteiger partial charge in [-0.2, -0.15) is 0 Å². The van der Waals surface area contributed by atoms with Crippen LogP contribution in [0.25, 0.3) is 0 Å². The molecule has 2 amide bonds. The number of sulfonamides is 1. The summed E-state index contributed by atoms with van der Waals surface area (Å²) in [6, 6.07) is 10.9. The third-order valence-electron chi connectivity index (χ3n) is 10.8. The fraction of sp³-hybridized carbons (Fsp3) is 0.556. The van der Waals surface area contributed by atoms with Crippen LogP contribution in [-0.4, -0.2) is 89.6 Å². The van der Waals surface area contributed by atoms with E-state index < -0.39 is 27.6 Å². The van der Waals surface area contributed by atoms with E-state index in [1.807, 2.05) is 18.2 Å². The average molecular weight is 714 g/mol. The molecule has 264 valence electrons. The highest BCUT2D eigenvalue weighted by Gasteiger charge is 2.45. The molecule has 13 heteroatoms. The van der Waals surface area contributed by atoms with Crippen LogP contribution in [0, 0.1) is 11.8 Å². The second-order valence-electron chi connectivity index (χ2n) is 14.4. The molecular weight excluding hydrogens is 670 g/mol. The van der Waals surface area contributed by atoms with Crippen molar-refractivity contribution in [1.82, 2.24) is 9.62 Å². The van der Waals surface area contributed by atoms with E-state index >= 15 is 0 Å². The summed E-state index contributed by atoms with van der Waals surface area (Å²) in [7, 11) is -4.24. The van der Waals surface area contributed by atoms with E-state index in [9.17, 15) is 18.0 Å². The van der Waals surface area contributed by atoms with Gasteiger partial charge in [0.2, 0.25) is 0 Å². The third-order valence-corrected chi connectivity index (χ3v) is 12.4. The van der Waals surface area contributed by atoms with Crippen molar-refractivity contribution >= 4 is 39.3 Å². The molecule has 0 radical (unpaired) electrons. The van der Waals surface area contributed by atoms with Gasteiger partial charge in [-0.1, -0.05) is 23.7 Å². The van der Waals surface area contributed by atoms with Gasteiger partial charge in [0, 0.05) is 42.5 Å². The predicted octanol–water partition coefficient (Wildman–Crippen LogP) is 4.85. The van der Waals surface area contributed by atoms with Gasteiger partial charge >= 0.3 is 6.09 Å². The van der Waals surface area contributed by atoms with Gasteiger partial charge < -0.3 is 28.7 Å². The number of halogens is 1. The Bertz CT molecular complexity index is 1740. The molecule has 3 aliphatic heterocycles. The molecular formula is C36H44ClN3O8S. The normalized spacial score (nSPS) is 29.4. The summed E-state index contributed by atoms with van der Waals surface area (Å²) in [4.78, 5) is 30.5. The number of benzene rings is 2. The Morgan fingerprint density at radius 2 is 1.92 bits per heavy atom. The van der Waals surface area contributed by atoms with Crippen molar-refractivity contribution in [2.75, 3.05) is 57.5 Å². The lowest BCUT2D eigenvalue weighted by Gasteiger charge is -2.46. The van der Waals surface area contributed by atoms with Crippen LogP contribution < -0.4 is 14.4 Å². The molecule has 1 N–H and O–H groups in total. The maximum Gasteiger partial charge on any atom is 0.410 e. The molecule has 4 atom stereocenters. The summed E-state index contributed by atoms with van der Waals surface area (Å²) in [5.41, 5.74) is 1.25. The van der Waals surface area contributed by atoms with Gasteiger partial charge in [0.15, 0.2) is 0 Å². The Balaban J connectivity index is 1.28. The van der Waals surface area contributed by atoms with Crippen molar-refractivity contribution in [3.05, 3.63) is 64.7 Å². The molecule has 2 bridgehead atoms. The molecule has 5 aliphatic rings. The topological polar surface area (TPSA) is 124 Å². The minimum absolute atomic E-state index is 0.0255. The number of nitrogens with zero attached hydrogens (tertiary/aromatic N) is 2. The van der Waals surface area contributed by atoms with Crippen molar-refractivity contribution in [2.24, 2.45) is 11.8 Å². The van der Waals surface area contributed by atoms with Gasteiger partial charge in [-0.25, -0.2) is 17.9 Å². The smallest absolute Gasteiger partial charge is 0.410 e.